The maximum absolute atomic E-state index is 12.8. The van der Waals surface area contributed by atoms with Crippen LogP contribution in [0, 0.1) is 0 Å². The van der Waals surface area contributed by atoms with Crippen LogP contribution in [0.5, 0.6) is 11.5 Å². The molecule has 0 radical (unpaired) electrons. The highest BCUT2D eigenvalue weighted by molar-refractivity contribution is 5.85. The average Bonchev–Trinajstić information content (AvgIpc) is 3.11. The van der Waals surface area contributed by atoms with Gasteiger partial charge in [-0.25, -0.2) is 0 Å². The zero-order valence-electron chi connectivity index (χ0n) is 21.1. The normalized spacial score (nSPS) is 22.7. The third kappa shape index (κ3) is 6.23. The van der Waals surface area contributed by atoms with Gasteiger partial charge in [0.05, 0.1) is 12.6 Å². The highest BCUT2D eigenvalue weighted by Crippen LogP contribution is 2.51. The Hall–Kier alpha value is -2.45. The minimum atomic E-state index is -4.74. The Morgan fingerprint density at radius 2 is 1.61 bits per heavy atom. The molecule has 4 nitrogen and oxygen atoms in total. The average molecular weight is 569 g/mol. The summed E-state index contributed by atoms with van der Waals surface area (Å²) in [5, 5.41) is 3.73. The summed E-state index contributed by atoms with van der Waals surface area (Å²) >= 11 is 0. The van der Waals surface area contributed by atoms with Gasteiger partial charge in [0.1, 0.15) is 11.5 Å². The highest BCUT2D eigenvalue weighted by Gasteiger charge is 2.54. The second kappa shape index (κ2) is 12.6. The van der Waals surface area contributed by atoms with Gasteiger partial charge in [0, 0.05) is 30.7 Å². The Morgan fingerprint density at radius 3 is 2.26 bits per heavy atom. The number of hydrogen-bond acceptors (Lipinski definition) is 4. The van der Waals surface area contributed by atoms with Gasteiger partial charge in [-0.05, 0) is 55.0 Å². The smallest absolute Gasteiger partial charge is 0.496 e. The molecule has 1 N–H and O–H groups in total. The summed E-state index contributed by atoms with van der Waals surface area (Å²) in [5.41, 5.74) is 3.00. The van der Waals surface area contributed by atoms with Crippen molar-refractivity contribution < 1.29 is 22.6 Å². The minimum Gasteiger partial charge on any atom is -0.496 e. The molecule has 9 heteroatoms. The summed E-state index contributed by atoms with van der Waals surface area (Å²) in [7, 11) is 1.53. The number of fused-ring (bicyclic) bond motifs is 2. The fraction of sp³-hybridized carbons (Fsp3) is 0.379. The monoisotopic (exact) mass is 568 g/mol. The van der Waals surface area contributed by atoms with E-state index >= 15 is 0 Å². The molecule has 0 saturated carbocycles. The topological polar surface area (TPSA) is 33.7 Å². The van der Waals surface area contributed by atoms with Crippen molar-refractivity contribution in [3.63, 3.8) is 0 Å². The van der Waals surface area contributed by atoms with Crippen LogP contribution in [-0.4, -0.2) is 30.5 Å². The van der Waals surface area contributed by atoms with Crippen molar-refractivity contribution >= 4 is 24.8 Å². The summed E-state index contributed by atoms with van der Waals surface area (Å²) in [6, 6.07) is 26.0. The van der Waals surface area contributed by atoms with E-state index in [1.807, 2.05) is 12.1 Å². The second-order valence-corrected chi connectivity index (χ2v) is 9.63. The lowest BCUT2D eigenvalue weighted by atomic mass is 9.77. The molecule has 38 heavy (non-hydrogen) atoms. The molecule has 0 spiro atoms. The molecule has 5 rings (SSSR count). The van der Waals surface area contributed by atoms with Crippen molar-refractivity contribution in [1.29, 1.82) is 0 Å². The zero-order chi connectivity index (χ0) is 25.2. The summed E-state index contributed by atoms with van der Waals surface area (Å²) in [4.78, 5) is 2.65. The van der Waals surface area contributed by atoms with E-state index in [0.717, 1.165) is 32.2 Å². The first kappa shape index (κ1) is 30.1. The van der Waals surface area contributed by atoms with Crippen LogP contribution in [0.15, 0.2) is 78.9 Å². The first-order chi connectivity index (χ1) is 17.4. The van der Waals surface area contributed by atoms with Crippen LogP contribution in [0.4, 0.5) is 13.2 Å². The van der Waals surface area contributed by atoms with Crippen molar-refractivity contribution in [2.45, 2.75) is 62.8 Å². The van der Waals surface area contributed by atoms with Gasteiger partial charge in [-0.1, -0.05) is 60.7 Å². The fourth-order valence-corrected chi connectivity index (χ4v) is 6.17. The lowest BCUT2D eigenvalue weighted by molar-refractivity contribution is -0.274. The summed E-state index contributed by atoms with van der Waals surface area (Å²) in [5.74, 6) is 0.292. The van der Waals surface area contributed by atoms with Crippen molar-refractivity contribution in [2.24, 2.45) is 0 Å². The van der Waals surface area contributed by atoms with Crippen LogP contribution in [-0.2, 0) is 18.6 Å². The molecule has 3 atom stereocenters. The summed E-state index contributed by atoms with van der Waals surface area (Å²) in [6.45, 7) is 1.23. The number of rotatable bonds is 8. The van der Waals surface area contributed by atoms with E-state index in [1.54, 1.807) is 0 Å². The van der Waals surface area contributed by atoms with Crippen LogP contribution in [0.2, 0.25) is 0 Å². The largest absolute Gasteiger partial charge is 0.573 e. The number of nitrogens with one attached hydrogen (secondary N) is 1. The van der Waals surface area contributed by atoms with Gasteiger partial charge in [-0.2, -0.15) is 0 Å². The van der Waals surface area contributed by atoms with E-state index in [-0.39, 0.29) is 42.1 Å². The molecule has 2 saturated heterocycles. The molecule has 2 aliphatic heterocycles. The number of methoxy groups -OCH3 is 1. The van der Waals surface area contributed by atoms with Crippen molar-refractivity contribution in [1.82, 2.24) is 10.2 Å². The number of nitrogens with zero attached hydrogens (tertiary/aromatic N) is 1. The van der Waals surface area contributed by atoms with Gasteiger partial charge in [-0.15, -0.1) is 38.0 Å². The number of alkyl halides is 3. The first-order valence-corrected chi connectivity index (χ1v) is 12.4. The van der Waals surface area contributed by atoms with Gasteiger partial charge < -0.3 is 14.8 Å². The standard InChI is InChI=1S/C29H31F3N2O2.2ClH/c1-35-26-14-13-25(36-29(30,31)32)18-22(26)19-33-27-15-12-24-16-17-28(27,23-10-6-3-7-11-23)34(24)20-21-8-4-2-5-9-21;;/h2-11,13-14,18,24,27,33H,12,15-17,19-20H2,1H3;2*1H/t24-,27+,28+;;/m0../s1. The first-order valence-electron chi connectivity index (χ1n) is 12.4. The van der Waals surface area contributed by atoms with E-state index < -0.39 is 6.36 Å². The molecule has 2 bridgehead atoms. The van der Waals surface area contributed by atoms with Gasteiger partial charge in [0.25, 0.3) is 0 Å². The maximum atomic E-state index is 12.8. The second-order valence-electron chi connectivity index (χ2n) is 9.63. The molecule has 0 aliphatic carbocycles. The number of hydrogen-bond donors (Lipinski definition) is 1. The Bertz CT molecular complexity index is 1170. The van der Waals surface area contributed by atoms with Crippen LogP contribution >= 0.6 is 24.8 Å². The molecule has 206 valence electrons. The molecule has 0 amide bonds. The third-order valence-electron chi connectivity index (χ3n) is 7.67. The number of halogens is 5. The third-order valence-corrected chi connectivity index (χ3v) is 7.67. The molecule has 2 aliphatic rings. The molecular weight excluding hydrogens is 536 g/mol. The fourth-order valence-electron chi connectivity index (χ4n) is 6.17. The van der Waals surface area contributed by atoms with Crippen LogP contribution < -0.4 is 14.8 Å². The molecule has 3 aromatic carbocycles. The zero-order valence-corrected chi connectivity index (χ0v) is 22.7. The number of piperidine rings is 1. The summed E-state index contributed by atoms with van der Waals surface area (Å²) in [6.07, 6.45) is -0.519. The van der Waals surface area contributed by atoms with E-state index in [9.17, 15) is 13.2 Å². The van der Waals surface area contributed by atoms with Gasteiger partial charge in [0.2, 0.25) is 0 Å². The van der Waals surface area contributed by atoms with Gasteiger partial charge >= 0.3 is 6.36 Å². The van der Waals surface area contributed by atoms with E-state index in [2.05, 4.69) is 63.5 Å². The molecular formula is C29H33Cl2F3N2O2. The maximum Gasteiger partial charge on any atom is 0.573 e. The Balaban J connectivity index is 0.00000200. The van der Waals surface area contributed by atoms with Gasteiger partial charge in [-0.3, -0.25) is 4.90 Å². The minimum absolute atomic E-state index is 0. The SMILES string of the molecule is COc1ccc(OC(F)(F)F)cc1CN[C@@H]1CC[C@H]2CC[C@]1(c1ccccc1)N2Cc1ccccc1.Cl.Cl. The molecule has 2 fully saturated rings. The van der Waals surface area contributed by atoms with E-state index in [1.165, 1.54) is 36.4 Å². The quantitative estimate of drug-likeness (QED) is 0.310. The van der Waals surface area contributed by atoms with Crippen LogP contribution in [0.25, 0.3) is 0 Å². The Kier molecular flexibility index (Phi) is 9.98. The highest BCUT2D eigenvalue weighted by atomic mass is 35.5. The summed E-state index contributed by atoms with van der Waals surface area (Å²) < 4.78 is 48.1. The predicted octanol–water partition coefficient (Wildman–Crippen LogP) is 7.25. The van der Waals surface area contributed by atoms with Gasteiger partial charge in [0.15, 0.2) is 0 Å². The lowest BCUT2D eigenvalue weighted by Gasteiger charge is -2.51. The molecule has 0 unspecified atom stereocenters. The number of benzene rings is 3. The Labute approximate surface area is 234 Å². The Morgan fingerprint density at radius 1 is 0.921 bits per heavy atom. The van der Waals surface area contributed by atoms with E-state index in [0.29, 0.717) is 23.9 Å². The molecule has 3 aromatic rings. The van der Waals surface area contributed by atoms with E-state index in [4.69, 9.17) is 4.74 Å². The van der Waals surface area contributed by atoms with Crippen molar-refractivity contribution in [2.75, 3.05) is 7.11 Å². The van der Waals surface area contributed by atoms with Crippen molar-refractivity contribution in [3.05, 3.63) is 95.6 Å². The number of ether oxygens (including phenoxy) is 2. The van der Waals surface area contributed by atoms with Crippen LogP contribution in [0.3, 0.4) is 0 Å². The molecule has 0 aromatic heterocycles. The molecule has 2 heterocycles. The van der Waals surface area contributed by atoms with Crippen molar-refractivity contribution in [3.8, 4) is 11.5 Å². The van der Waals surface area contributed by atoms with Crippen LogP contribution in [0.1, 0.15) is 42.4 Å². The lowest BCUT2D eigenvalue weighted by Crippen LogP contribution is -2.60. The predicted molar refractivity (Wildman–Crippen MR) is 147 cm³/mol.